The van der Waals surface area contributed by atoms with E-state index in [0.717, 1.165) is 36.4 Å². The Morgan fingerprint density at radius 1 is 0.974 bits per heavy atom. The highest BCUT2D eigenvalue weighted by atomic mass is 32.1. The molecule has 4 rings (SSSR count). The first kappa shape index (κ1) is 28.2. The second-order valence-corrected chi connectivity index (χ2v) is 10.7. The molecule has 1 heterocycles. The molecule has 10 heteroatoms. The number of ether oxygens (including phenoxy) is 3. The zero-order valence-electron chi connectivity index (χ0n) is 22.8. The molecule has 0 bridgehead atoms. The van der Waals surface area contributed by atoms with Crippen molar-refractivity contribution in [2.45, 2.75) is 64.1 Å². The molecule has 1 aliphatic carbocycles. The second kappa shape index (κ2) is 13.3. The van der Waals surface area contributed by atoms with Gasteiger partial charge in [-0.1, -0.05) is 38.8 Å². The van der Waals surface area contributed by atoms with Crippen molar-refractivity contribution in [2.75, 3.05) is 19.5 Å². The van der Waals surface area contributed by atoms with Crippen LogP contribution in [0.5, 0.6) is 17.2 Å². The van der Waals surface area contributed by atoms with E-state index in [9.17, 15) is 9.59 Å². The quantitative estimate of drug-likeness (QED) is 0.296. The number of thiazole rings is 1. The number of carbonyl (C=O) groups excluding carboxylic acids is 2. The molecule has 2 aromatic carbocycles. The van der Waals surface area contributed by atoms with Crippen LogP contribution in [-0.2, 0) is 6.61 Å². The van der Waals surface area contributed by atoms with Crippen molar-refractivity contribution in [3.63, 3.8) is 0 Å². The Kier molecular flexibility index (Phi) is 9.64. The highest BCUT2D eigenvalue weighted by Crippen LogP contribution is 2.29. The summed E-state index contributed by atoms with van der Waals surface area (Å²) in [6.45, 7) is 4.60. The van der Waals surface area contributed by atoms with Crippen LogP contribution < -0.4 is 30.2 Å². The Hall–Kier alpha value is -3.79. The highest BCUT2D eigenvalue weighted by molar-refractivity contribution is 7.09. The standard InChI is InChI=1S/C29H36N4O5S/c1-18(2)19-9-11-20(12-10-19)38-16-27-30-25(17-39-27)28(34)31-22-7-5-6-8-23(22)32-29(35)33-24-14-13-21(36-3)15-26(24)37-4/h9-15,17-18,22-23H,5-8,16H2,1-4H3,(H,31,34)(H2,32,33,35)/t22-,23+/m0/s1. The average molecular weight is 553 g/mol. The Labute approximate surface area is 233 Å². The molecule has 1 aliphatic rings. The van der Waals surface area contributed by atoms with Crippen LogP contribution in [0.25, 0.3) is 0 Å². The third-order valence-electron chi connectivity index (χ3n) is 6.75. The Balaban J connectivity index is 1.31. The SMILES string of the molecule is COc1ccc(NC(=O)N[C@@H]2CCCC[C@@H]2NC(=O)c2csc(COc3ccc(C(C)C)cc3)n2)c(OC)c1. The summed E-state index contributed by atoms with van der Waals surface area (Å²) in [5.41, 5.74) is 2.13. The number of urea groups is 1. The largest absolute Gasteiger partial charge is 0.497 e. The molecule has 0 saturated heterocycles. The lowest BCUT2D eigenvalue weighted by atomic mass is 9.90. The second-order valence-electron chi connectivity index (χ2n) is 9.77. The van der Waals surface area contributed by atoms with Gasteiger partial charge in [-0.15, -0.1) is 11.3 Å². The molecule has 3 aromatic rings. The summed E-state index contributed by atoms with van der Waals surface area (Å²) in [5, 5.41) is 11.4. The molecule has 2 atom stereocenters. The monoisotopic (exact) mass is 552 g/mol. The first-order valence-corrected chi connectivity index (χ1v) is 14.0. The van der Waals surface area contributed by atoms with E-state index >= 15 is 0 Å². The van der Waals surface area contributed by atoms with Gasteiger partial charge >= 0.3 is 6.03 Å². The van der Waals surface area contributed by atoms with Crippen LogP contribution in [-0.4, -0.2) is 43.2 Å². The number of hydrogen-bond donors (Lipinski definition) is 3. The van der Waals surface area contributed by atoms with E-state index < -0.39 is 0 Å². The van der Waals surface area contributed by atoms with Gasteiger partial charge in [-0.05, 0) is 48.6 Å². The molecule has 208 valence electrons. The van der Waals surface area contributed by atoms with Crippen molar-refractivity contribution in [2.24, 2.45) is 0 Å². The van der Waals surface area contributed by atoms with Crippen molar-refractivity contribution in [1.29, 1.82) is 0 Å². The van der Waals surface area contributed by atoms with Crippen molar-refractivity contribution in [3.8, 4) is 17.2 Å². The molecule has 1 saturated carbocycles. The average Bonchev–Trinajstić information content (AvgIpc) is 3.43. The lowest BCUT2D eigenvalue weighted by Gasteiger charge is -2.32. The van der Waals surface area contributed by atoms with Gasteiger partial charge in [-0.2, -0.15) is 0 Å². The molecule has 3 N–H and O–H groups in total. The maximum absolute atomic E-state index is 13.0. The number of nitrogens with one attached hydrogen (secondary N) is 3. The number of hydrogen-bond acceptors (Lipinski definition) is 7. The van der Waals surface area contributed by atoms with E-state index in [4.69, 9.17) is 14.2 Å². The minimum absolute atomic E-state index is 0.198. The molecule has 0 spiro atoms. The summed E-state index contributed by atoms with van der Waals surface area (Å²) >= 11 is 1.39. The van der Waals surface area contributed by atoms with Crippen LogP contribution in [0.3, 0.4) is 0 Å². The molecule has 0 unspecified atom stereocenters. The smallest absolute Gasteiger partial charge is 0.319 e. The van der Waals surface area contributed by atoms with Crippen LogP contribution in [0.1, 0.15) is 66.5 Å². The third kappa shape index (κ3) is 7.63. The van der Waals surface area contributed by atoms with Crippen LogP contribution in [0, 0.1) is 0 Å². The number of anilines is 1. The van der Waals surface area contributed by atoms with Gasteiger partial charge in [0.2, 0.25) is 0 Å². The molecule has 0 radical (unpaired) electrons. The lowest BCUT2D eigenvalue weighted by Crippen LogP contribution is -2.54. The topological polar surface area (TPSA) is 111 Å². The number of methoxy groups -OCH3 is 2. The predicted octanol–water partition coefficient (Wildman–Crippen LogP) is 5.73. The van der Waals surface area contributed by atoms with Crippen LogP contribution >= 0.6 is 11.3 Å². The van der Waals surface area contributed by atoms with Gasteiger partial charge in [0.25, 0.3) is 5.91 Å². The van der Waals surface area contributed by atoms with E-state index in [1.54, 1.807) is 30.7 Å². The minimum atomic E-state index is -0.362. The van der Waals surface area contributed by atoms with Crippen LogP contribution in [0.4, 0.5) is 10.5 Å². The fraction of sp³-hybridized carbons (Fsp3) is 0.414. The molecule has 39 heavy (non-hydrogen) atoms. The van der Waals surface area contributed by atoms with Gasteiger partial charge in [-0.3, -0.25) is 4.79 Å². The van der Waals surface area contributed by atoms with E-state index in [1.165, 1.54) is 24.0 Å². The van der Waals surface area contributed by atoms with Gasteiger partial charge in [-0.25, -0.2) is 9.78 Å². The lowest BCUT2D eigenvalue weighted by molar-refractivity contribution is 0.0911. The Bertz CT molecular complexity index is 1260. The van der Waals surface area contributed by atoms with E-state index in [1.807, 2.05) is 12.1 Å². The summed E-state index contributed by atoms with van der Waals surface area (Å²) in [7, 11) is 3.10. The van der Waals surface area contributed by atoms with Gasteiger partial charge in [0.15, 0.2) is 0 Å². The van der Waals surface area contributed by atoms with Gasteiger partial charge in [0.05, 0.1) is 25.9 Å². The third-order valence-corrected chi connectivity index (χ3v) is 7.57. The predicted molar refractivity (Wildman–Crippen MR) is 152 cm³/mol. The molecule has 9 nitrogen and oxygen atoms in total. The summed E-state index contributed by atoms with van der Waals surface area (Å²) in [4.78, 5) is 30.3. The number of amides is 3. The molecule has 0 aliphatic heterocycles. The molecule has 1 aromatic heterocycles. The fourth-order valence-corrected chi connectivity index (χ4v) is 5.21. The van der Waals surface area contributed by atoms with Crippen molar-refractivity contribution >= 4 is 29.0 Å². The summed E-state index contributed by atoms with van der Waals surface area (Å²) in [6, 6.07) is 12.4. The Morgan fingerprint density at radius 3 is 2.33 bits per heavy atom. The van der Waals surface area contributed by atoms with E-state index in [0.29, 0.717) is 35.4 Å². The highest BCUT2D eigenvalue weighted by Gasteiger charge is 2.29. The summed E-state index contributed by atoms with van der Waals surface area (Å²) < 4.78 is 16.4. The molecular formula is C29H36N4O5S. The number of nitrogens with zero attached hydrogens (tertiary/aromatic N) is 1. The zero-order chi connectivity index (χ0) is 27.8. The fourth-order valence-electron chi connectivity index (χ4n) is 4.52. The summed E-state index contributed by atoms with van der Waals surface area (Å²) in [5.74, 6) is 2.10. The summed E-state index contributed by atoms with van der Waals surface area (Å²) in [6.07, 6.45) is 3.49. The van der Waals surface area contributed by atoms with Gasteiger partial charge in [0, 0.05) is 17.5 Å². The van der Waals surface area contributed by atoms with Crippen LogP contribution in [0.2, 0.25) is 0 Å². The van der Waals surface area contributed by atoms with Gasteiger partial charge < -0.3 is 30.2 Å². The normalized spacial score (nSPS) is 16.8. The molecular weight excluding hydrogens is 516 g/mol. The maximum atomic E-state index is 13.0. The first-order chi connectivity index (χ1) is 18.9. The van der Waals surface area contributed by atoms with Crippen LogP contribution in [0.15, 0.2) is 47.8 Å². The maximum Gasteiger partial charge on any atom is 0.319 e. The number of rotatable bonds is 10. The molecule has 1 fully saturated rings. The molecule has 3 amide bonds. The minimum Gasteiger partial charge on any atom is -0.497 e. The van der Waals surface area contributed by atoms with Crippen molar-refractivity contribution in [3.05, 3.63) is 64.1 Å². The van der Waals surface area contributed by atoms with E-state index in [-0.39, 0.29) is 24.0 Å². The zero-order valence-corrected chi connectivity index (χ0v) is 23.6. The number of aromatic nitrogens is 1. The Morgan fingerprint density at radius 2 is 1.67 bits per heavy atom. The van der Waals surface area contributed by atoms with E-state index in [2.05, 4.69) is 46.9 Å². The number of benzene rings is 2. The van der Waals surface area contributed by atoms with Gasteiger partial charge in [0.1, 0.15) is 34.6 Å². The van der Waals surface area contributed by atoms with Crippen molar-refractivity contribution in [1.82, 2.24) is 15.6 Å². The number of carbonyl (C=O) groups is 2. The first-order valence-electron chi connectivity index (χ1n) is 13.1. The van der Waals surface area contributed by atoms with Crippen molar-refractivity contribution < 1.29 is 23.8 Å².